The predicted molar refractivity (Wildman–Crippen MR) is 91.0 cm³/mol. The summed E-state index contributed by atoms with van der Waals surface area (Å²) >= 11 is 0. The molecule has 2 aromatic carbocycles. The smallest absolute Gasteiger partial charge is 0.309 e. The van der Waals surface area contributed by atoms with Crippen LogP contribution in [0.3, 0.4) is 0 Å². The highest BCUT2D eigenvalue weighted by molar-refractivity contribution is 7.91. The highest BCUT2D eigenvalue weighted by Gasteiger charge is 2.29. The van der Waals surface area contributed by atoms with Gasteiger partial charge in [-0.1, -0.05) is 18.2 Å². The number of aliphatic carboxylic acids is 1. The first kappa shape index (κ1) is 18.0. The molecule has 0 aliphatic rings. The molecule has 2 rings (SSSR count). The quantitative estimate of drug-likeness (QED) is 0.824. The molecule has 0 aromatic heterocycles. The van der Waals surface area contributed by atoms with Gasteiger partial charge in [0.25, 0.3) is 0 Å². The molecule has 0 saturated heterocycles. The molecule has 0 aliphatic carbocycles. The Hall–Kier alpha value is -2.34. The molecule has 5 nitrogen and oxygen atoms in total. The Morgan fingerprint density at radius 2 is 1.54 bits per heavy atom. The number of benzene rings is 2. The summed E-state index contributed by atoms with van der Waals surface area (Å²) < 4.78 is 30.3. The third kappa shape index (κ3) is 4.58. The van der Waals surface area contributed by atoms with E-state index >= 15 is 0 Å². The minimum absolute atomic E-state index is 0.0485. The van der Waals surface area contributed by atoms with Crippen LogP contribution in [0.2, 0.25) is 0 Å². The summed E-state index contributed by atoms with van der Waals surface area (Å²) in [5.41, 5.74) is -1.08. The summed E-state index contributed by atoms with van der Waals surface area (Å²) in [4.78, 5) is 11.2. The molecule has 0 amide bonds. The van der Waals surface area contributed by atoms with Crippen LogP contribution in [0.15, 0.2) is 59.5 Å². The maximum atomic E-state index is 12.3. The lowest BCUT2D eigenvalue weighted by atomic mass is 9.91. The van der Waals surface area contributed by atoms with E-state index in [0.29, 0.717) is 11.5 Å². The van der Waals surface area contributed by atoms with E-state index in [0.717, 1.165) is 0 Å². The summed E-state index contributed by atoms with van der Waals surface area (Å²) in [5.74, 6) is -0.0304. The van der Waals surface area contributed by atoms with Crippen molar-refractivity contribution < 1.29 is 23.1 Å². The number of hydrogen-bond acceptors (Lipinski definition) is 4. The second-order valence-electron chi connectivity index (χ2n) is 6.14. The lowest BCUT2D eigenvalue weighted by Crippen LogP contribution is -2.26. The summed E-state index contributed by atoms with van der Waals surface area (Å²) in [5, 5.41) is 9.07. The second-order valence-corrected chi connectivity index (χ2v) is 8.25. The molecule has 0 atom stereocenters. The fourth-order valence-corrected chi connectivity index (χ4v) is 3.52. The van der Waals surface area contributed by atoms with E-state index in [1.165, 1.54) is 26.0 Å². The molecule has 2 aromatic rings. The van der Waals surface area contributed by atoms with Crippen molar-refractivity contribution in [3.63, 3.8) is 0 Å². The monoisotopic (exact) mass is 348 g/mol. The van der Waals surface area contributed by atoms with Gasteiger partial charge in [0.15, 0.2) is 9.84 Å². The molecule has 128 valence electrons. The number of rotatable bonds is 7. The lowest BCUT2D eigenvalue weighted by molar-refractivity contribution is -0.146. The maximum absolute atomic E-state index is 12.3. The fraction of sp³-hybridized carbons (Fsp3) is 0.278. The summed E-state index contributed by atoms with van der Waals surface area (Å²) in [6, 6.07) is 15.3. The Morgan fingerprint density at radius 3 is 2.08 bits per heavy atom. The molecular formula is C18H20O5S. The third-order valence-electron chi connectivity index (χ3n) is 3.74. The number of para-hydroxylation sites is 1. The molecule has 0 unspecified atom stereocenters. The van der Waals surface area contributed by atoms with Crippen LogP contribution >= 0.6 is 0 Å². The Kier molecular flexibility index (Phi) is 5.29. The van der Waals surface area contributed by atoms with Crippen LogP contribution in [0.4, 0.5) is 0 Å². The van der Waals surface area contributed by atoms with Crippen LogP contribution in [-0.2, 0) is 14.6 Å². The van der Waals surface area contributed by atoms with E-state index in [-0.39, 0.29) is 17.1 Å². The van der Waals surface area contributed by atoms with Gasteiger partial charge in [0.2, 0.25) is 0 Å². The number of hydrogen-bond donors (Lipinski definition) is 1. The van der Waals surface area contributed by atoms with Crippen molar-refractivity contribution in [2.45, 2.75) is 25.2 Å². The summed E-state index contributed by atoms with van der Waals surface area (Å²) in [6.07, 6.45) is 0.0485. The van der Waals surface area contributed by atoms with Gasteiger partial charge in [-0.25, -0.2) is 8.42 Å². The van der Waals surface area contributed by atoms with Crippen molar-refractivity contribution in [2.24, 2.45) is 5.41 Å². The molecule has 0 fully saturated rings. The van der Waals surface area contributed by atoms with Crippen molar-refractivity contribution >= 4 is 15.8 Å². The predicted octanol–water partition coefficient (Wildman–Crippen LogP) is 3.75. The lowest BCUT2D eigenvalue weighted by Gasteiger charge is -2.18. The zero-order chi connectivity index (χ0) is 17.8. The number of ether oxygens (including phenoxy) is 1. The Labute approximate surface area is 141 Å². The number of carboxylic acids is 1. The van der Waals surface area contributed by atoms with Gasteiger partial charge in [-0.2, -0.15) is 0 Å². The van der Waals surface area contributed by atoms with Gasteiger partial charge in [0.05, 0.1) is 16.1 Å². The molecule has 1 N–H and O–H groups in total. The van der Waals surface area contributed by atoms with Gasteiger partial charge >= 0.3 is 5.97 Å². The maximum Gasteiger partial charge on any atom is 0.309 e. The highest BCUT2D eigenvalue weighted by atomic mass is 32.2. The normalized spacial score (nSPS) is 11.9. The number of carbonyl (C=O) groups is 1. The molecule has 6 heteroatoms. The third-order valence-corrected chi connectivity index (χ3v) is 5.47. The van der Waals surface area contributed by atoms with Crippen LogP contribution in [0.25, 0.3) is 0 Å². The number of carboxylic acid groups (broad SMARTS) is 1. The van der Waals surface area contributed by atoms with Crippen molar-refractivity contribution in [1.29, 1.82) is 0 Å². The summed E-state index contributed by atoms with van der Waals surface area (Å²) in [6.45, 7) is 3.03. The Bertz CT molecular complexity index is 793. The standard InChI is InChI=1S/C18H20O5S/c1-18(2,17(19)20)12-13-24(21,22)16-10-8-15(9-11-16)23-14-6-4-3-5-7-14/h3-11H,12-13H2,1-2H3,(H,19,20). The highest BCUT2D eigenvalue weighted by Crippen LogP contribution is 2.26. The molecule has 0 spiro atoms. The van der Waals surface area contributed by atoms with Gasteiger partial charge in [-0.05, 0) is 56.7 Å². The summed E-state index contributed by atoms with van der Waals surface area (Å²) in [7, 11) is -3.54. The van der Waals surface area contributed by atoms with Gasteiger partial charge < -0.3 is 9.84 Å². The Morgan fingerprint density at radius 1 is 1.00 bits per heavy atom. The molecule has 0 heterocycles. The zero-order valence-electron chi connectivity index (χ0n) is 13.6. The average Bonchev–Trinajstić information content (AvgIpc) is 2.55. The van der Waals surface area contributed by atoms with Crippen molar-refractivity contribution in [3.8, 4) is 11.5 Å². The van der Waals surface area contributed by atoms with E-state index in [1.807, 2.05) is 18.2 Å². The van der Waals surface area contributed by atoms with Crippen LogP contribution in [0, 0.1) is 5.41 Å². The van der Waals surface area contributed by atoms with Crippen molar-refractivity contribution in [3.05, 3.63) is 54.6 Å². The molecular weight excluding hydrogens is 328 g/mol. The zero-order valence-corrected chi connectivity index (χ0v) is 14.4. The van der Waals surface area contributed by atoms with Crippen molar-refractivity contribution in [2.75, 3.05) is 5.75 Å². The average molecular weight is 348 g/mol. The van der Waals surface area contributed by atoms with E-state index in [2.05, 4.69) is 0 Å². The van der Waals surface area contributed by atoms with E-state index in [9.17, 15) is 13.2 Å². The largest absolute Gasteiger partial charge is 0.481 e. The molecule has 24 heavy (non-hydrogen) atoms. The minimum Gasteiger partial charge on any atom is -0.481 e. The van der Waals surface area contributed by atoms with Crippen LogP contribution in [0.5, 0.6) is 11.5 Å². The van der Waals surface area contributed by atoms with E-state index in [4.69, 9.17) is 9.84 Å². The van der Waals surface area contributed by atoms with E-state index in [1.54, 1.807) is 24.3 Å². The first-order chi connectivity index (χ1) is 11.2. The fourth-order valence-electron chi connectivity index (χ4n) is 1.95. The van der Waals surface area contributed by atoms with Gasteiger partial charge in [0, 0.05) is 0 Å². The van der Waals surface area contributed by atoms with E-state index < -0.39 is 21.2 Å². The van der Waals surface area contributed by atoms with Crippen LogP contribution in [-0.4, -0.2) is 25.2 Å². The molecule has 0 bridgehead atoms. The van der Waals surface area contributed by atoms with Gasteiger partial charge in [0.1, 0.15) is 11.5 Å². The van der Waals surface area contributed by atoms with Crippen LogP contribution in [0.1, 0.15) is 20.3 Å². The minimum atomic E-state index is -3.54. The second kappa shape index (κ2) is 7.05. The van der Waals surface area contributed by atoms with Crippen molar-refractivity contribution in [1.82, 2.24) is 0 Å². The molecule has 0 saturated carbocycles. The van der Waals surface area contributed by atoms with Gasteiger partial charge in [-0.3, -0.25) is 4.79 Å². The van der Waals surface area contributed by atoms with Crippen LogP contribution < -0.4 is 4.74 Å². The first-order valence-corrected chi connectivity index (χ1v) is 9.15. The first-order valence-electron chi connectivity index (χ1n) is 7.50. The molecule has 0 aliphatic heterocycles. The number of sulfone groups is 1. The topological polar surface area (TPSA) is 80.7 Å². The Balaban J connectivity index is 2.07. The SMILES string of the molecule is CC(C)(CCS(=O)(=O)c1ccc(Oc2ccccc2)cc1)C(=O)O. The van der Waals surface area contributed by atoms with Gasteiger partial charge in [-0.15, -0.1) is 0 Å². The molecule has 0 radical (unpaired) electrons.